The van der Waals surface area contributed by atoms with Crippen molar-refractivity contribution in [1.82, 2.24) is 10.6 Å². The number of hydrogen-bond acceptors (Lipinski definition) is 5. The van der Waals surface area contributed by atoms with Crippen LogP contribution in [0.4, 0.5) is 0 Å². The lowest BCUT2D eigenvalue weighted by molar-refractivity contribution is -0.135. The van der Waals surface area contributed by atoms with E-state index >= 15 is 0 Å². The molecule has 3 amide bonds. The molecule has 0 aromatic rings. The van der Waals surface area contributed by atoms with Crippen molar-refractivity contribution >= 4 is 23.7 Å². The molecule has 0 aliphatic rings. The Morgan fingerprint density at radius 3 is 1.93 bits per heavy atom. The van der Waals surface area contributed by atoms with Gasteiger partial charge in [-0.25, -0.2) is 0 Å². The summed E-state index contributed by atoms with van der Waals surface area (Å²) >= 11 is 0. The molecule has 0 aromatic carbocycles. The topological polar surface area (TPSA) is 186 Å². The summed E-state index contributed by atoms with van der Waals surface area (Å²) in [4.78, 5) is 40.8. The maximum atomic E-state index is 12.7. The van der Waals surface area contributed by atoms with Crippen LogP contribution in [-0.4, -0.2) is 53.5 Å². The van der Waals surface area contributed by atoms with Crippen LogP contribution in [0, 0.1) is 17.8 Å². The predicted octanol–water partition coefficient (Wildman–Crippen LogP) is -0.806. The molecule has 0 heterocycles. The van der Waals surface area contributed by atoms with Gasteiger partial charge in [-0.2, -0.15) is 0 Å². The second kappa shape index (κ2) is 13.0. The Kier molecular flexibility index (Phi) is 11.9. The zero-order chi connectivity index (χ0) is 22.7. The summed E-state index contributed by atoms with van der Waals surface area (Å²) in [5, 5.41) is 15.4. The van der Waals surface area contributed by atoms with Crippen molar-refractivity contribution < 1.29 is 19.5 Å². The van der Waals surface area contributed by atoms with E-state index < -0.39 is 41.8 Å². The van der Waals surface area contributed by atoms with Gasteiger partial charge in [0.25, 0.3) is 0 Å². The van der Waals surface area contributed by atoms with E-state index in [-0.39, 0.29) is 24.2 Å². The second-order valence-electron chi connectivity index (χ2n) is 8.13. The lowest BCUT2D eigenvalue weighted by atomic mass is 9.93. The molecule has 29 heavy (non-hydrogen) atoms. The van der Waals surface area contributed by atoms with Crippen molar-refractivity contribution in [2.75, 3.05) is 6.54 Å². The Hall–Kier alpha value is -2.36. The largest absolute Gasteiger partial charge is 0.392 e. The monoisotopic (exact) mass is 414 g/mol. The molecule has 0 fully saturated rings. The maximum absolute atomic E-state index is 12.7. The number of nitrogens with one attached hydrogen (secondary N) is 2. The van der Waals surface area contributed by atoms with E-state index in [1.807, 2.05) is 27.7 Å². The number of amides is 3. The Bertz CT molecular complexity index is 575. The lowest BCUT2D eigenvalue weighted by Crippen LogP contribution is -2.54. The molecule has 0 spiro atoms. The number of carbonyl (C=O) groups excluding carboxylic acids is 3. The fraction of sp³-hybridized carbons (Fsp3) is 0.789. The summed E-state index contributed by atoms with van der Waals surface area (Å²) in [6.45, 7) is 9.37. The van der Waals surface area contributed by atoms with Crippen LogP contribution in [0.2, 0.25) is 0 Å². The van der Waals surface area contributed by atoms with Crippen molar-refractivity contribution in [3.8, 4) is 0 Å². The van der Waals surface area contributed by atoms with E-state index in [9.17, 15) is 19.5 Å². The molecule has 4 atom stereocenters. The van der Waals surface area contributed by atoms with E-state index in [0.717, 1.165) is 0 Å². The van der Waals surface area contributed by atoms with Gasteiger partial charge in [-0.1, -0.05) is 34.6 Å². The minimum Gasteiger partial charge on any atom is -0.392 e. The molecule has 10 heteroatoms. The highest BCUT2D eigenvalue weighted by atomic mass is 16.3. The molecule has 0 aromatic heterocycles. The number of nitrogens with two attached hydrogens (primary N) is 3. The Morgan fingerprint density at radius 2 is 1.48 bits per heavy atom. The molecule has 0 rings (SSSR count). The van der Waals surface area contributed by atoms with Gasteiger partial charge in [0.05, 0.1) is 12.0 Å². The zero-order valence-corrected chi connectivity index (χ0v) is 18.1. The molecular formula is C19H38N6O4. The Morgan fingerprint density at radius 1 is 0.931 bits per heavy atom. The molecule has 0 saturated heterocycles. The number of nitrogens with zero attached hydrogens (tertiary/aromatic N) is 1. The average Bonchev–Trinajstić information content (AvgIpc) is 2.61. The molecular weight excluding hydrogens is 376 g/mol. The van der Waals surface area contributed by atoms with Gasteiger partial charge in [-0.15, -0.1) is 0 Å². The molecule has 2 unspecified atom stereocenters. The number of rotatable bonds is 13. The van der Waals surface area contributed by atoms with Crippen LogP contribution in [0.3, 0.4) is 0 Å². The molecule has 0 radical (unpaired) electrons. The van der Waals surface area contributed by atoms with Gasteiger partial charge >= 0.3 is 0 Å². The number of aliphatic hydroxyl groups is 1. The number of guanidine groups is 1. The summed E-state index contributed by atoms with van der Waals surface area (Å²) in [6.07, 6.45) is 0.265. The van der Waals surface area contributed by atoms with Crippen molar-refractivity contribution in [3.63, 3.8) is 0 Å². The highest BCUT2D eigenvalue weighted by Gasteiger charge is 2.30. The highest BCUT2D eigenvalue weighted by Crippen LogP contribution is 2.14. The van der Waals surface area contributed by atoms with Crippen LogP contribution in [0.15, 0.2) is 4.99 Å². The molecule has 168 valence electrons. The fourth-order valence-electron chi connectivity index (χ4n) is 2.80. The van der Waals surface area contributed by atoms with Crippen LogP contribution >= 0.6 is 0 Å². The fourth-order valence-corrected chi connectivity index (χ4v) is 2.80. The van der Waals surface area contributed by atoms with Crippen LogP contribution in [-0.2, 0) is 14.4 Å². The molecule has 0 saturated carbocycles. The van der Waals surface area contributed by atoms with Gasteiger partial charge < -0.3 is 32.9 Å². The Balaban J connectivity index is 5.09. The minimum absolute atomic E-state index is 0.0536. The smallest absolute Gasteiger partial charge is 0.243 e. The predicted molar refractivity (Wildman–Crippen MR) is 112 cm³/mol. The van der Waals surface area contributed by atoms with Crippen molar-refractivity contribution in [1.29, 1.82) is 0 Å². The summed E-state index contributed by atoms with van der Waals surface area (Å²) in [6, 6.07) is -1.74. The quantitative estimate of drug-likeness (QED) is 0.130. The number of primary amides is 1. The van der Waals surface area contributed by atoms with Crippen molar-refractivity contribution in [3.05, 3.63) is 0 Å². The molecule has 0 aliphatic carbocycles. The van der Waals surface area contributed by atoms with Crippen LogP contribution in [0.5, 0.6) is 0 Å². The first-order valence-electron chi connectivity index (χ1n) is 10.00. The zero-order valence-electron chi connectivity index (χ0n) is 18.1. The van der Waals surface area contributed by atoms with E-state index in [1.165, 1.54) is 0 Å². The van der Waals surface area contributed by atoms with Crippen molar-refractivity contribution in [2.24, 2.45) is 39.9 Å². The normalized spacial score (nSPS) is 15.3. The third-order valence-electron chi connectivity index (χ3n) is 4.55. The van der Waals surface area contributed by atoms with Crippen LogP contribution in [0.25, 0.3) is 0 Å². The van der Waals surface area contributed by atoms with Crippen LogP contribution < -0.4 is 27.8 Å². The standard InChI is InChI=1S/C19H38N6O4/c1-10(2)9-14(25-17(28)12(5)15(26)11(3)4)18(29)24-13(16(20)27)7-6-8-23-19(21)22/h10-15,26H,6-9H2,1-5H3,(H2,20,27)(H,24,29)(H,25,28)(H4,21,22,23)/t12-,13?,14-,15?/m0/s1. The van der Waals surface area contributed by atoms with E-state index in [4.69, 9.17) is 17.2 Å². The molecule has 10 nitrogen and oxygen atoms in total. The second-order valence-corrected chi connectivity index (χ2v) is 8.13. The summed E-state index contributed by atoms with van der Waals surface area (Å²) in [5.41, 5.74) is 15.9. The average molecular weight is 415 g/mol. The summed E-state index contributed by atoms with van der Waals surface area (Å²) < 4.78 is 0. The van der Waals surface area contributed by atoms with E-state index in [1.54, 1.807) is 6.92 Å². The first-order valence-corrected chi connectivity index (χ1v) is 10.00. The van der Waals surface area contributed by atoms with Gasteiger partial charge in [0, 0.05) is 6.54 Å². The minimum atomic E-state index is -0.901. The number of carbonyl (C=O) groups is 3. The van der Waals surface area contributed by atoms with E-state index in [0.29, 0.717) is 19.4 Å². The van der Waals surface area contributed by atoms with Gasteiger partial charge in [-0.3, -0.25) is 19.4 Å². The first kappa shape index (κ1) is 26.6. The number of aliphatic imine (C=N–C) groups is 1. The molecule has 0 aliphatic heterocycles. The third kappa shape index (κ3) is 10.7. The Labute approximate surface area is 173 Å². The first-order chi connectivity index (χ1) is 13.4. The van der Waals surface area contributed by atoms with Crippen LogP contribution in [0.1, 0.15) is 53.9 Å². The molecule has 0 bridgehead atoms. The molecule has 9 N–H and O–H groups in total. The lowest BCUT2D eigenvalue weighted by Gasteiger charge is -2.26. The summed E-state index contributed by atoms with van der Waals surface area (Å²) in [7, 11) is 0. The van der Waals surface area contributed by atoms with Gasteiger partial charge in [0.15, 0.2) is 5.96 Å². The van der Waals surface area contributed by atoms with Gasteiger partial charge in [-0.05, 0) is 31.1 Å². The number of hydrogen-bond donors (Lipinski definition) is 6. The highest BCUT2D eigenvalue weighted by molar-refractivity contribution is 5.92. The SMILES string of the molecule is CC(C)C[C@H](NC(=O)[C@@H](C)C(O)C(C)C)C(=O)NC(CCCN=C(N)N)C(N)=O. The van der Waals surface area contributed by atoms with E-state index in [2.05, 4.69) is 15.6 Å². The van der Waals surface area contributed by atoms with Crippen molar-refractivity contribution in [2.45, 2.75) is 72.1 Å². The number of aliphatic hydroxyl groups excluding tert-OH is 1. The third-order valence-corrected chi connectivity index (χ3v) is 4.55. The maximum Gasteiger partial charge on any atom is 0.243 e. The summed E-state index contributed by atoms with van der Waals surface area (Å²) in [5.74, 6) is -2.31. The van der Waals surface area contributed by atoms with Gasteiger partial charge in [0.2, 0.25) is 17.7 Å². The van der Waals surface area contributed by atoms with Gasteiger partial charge in [0.1, 0.15) is 12.1 Å².